The molecule has 0 spiro atoms. The number of hydrogen-bond acceptors (Lipinski definition) is 5. The first kappa shape index (κ1) is 16.0. The molecule has 6 nitrogen and oxygen atoms in total. The van der Waals surface area contributed by atoms with Gasteiger partial charge in [-0.1, -0.05) is 30.3 Å². The zero-order valence-corrected chi connectivity index (χ0v) is 14.2. The van der Waals surface area contributed by atoms with Gasteiger partial charge in [-0.3, -0.25) is 4.79 Å². The molecule has 0 saturated carbocycles. The Kier molecular flexibility index (Phi) is 4.61. The largest absolute Gasteiger partial charge is 0.378 e. The molecule has 1 atom stereocenters. The maximum absolute atomic E-state index is 12.9. The summed E-state index contributed by atoms with van der Waals surface area (Å²) in [5.74, 6) is 1.72. The van der Waals surface area contributed by atoms with Crippen LogP contribution in [0.2, 0.25) is 0 Å². The molecule has 3 heterocycles. The summed E-state index contributed by atoms with van der Waals surface area (Å²) in [7, 11) is 0. The van der Waals surface area contributed by atoms with Crippen LogP contribution in [0.25, 0.3) is 11.4 Å². The van der Waals surface area contributed by atoms with Gasteiger partial charge in [0.1, 0.15) is 11.9 Å². The number of nitrogens with zero attached hydrogens (tertiary/aromatic N) is 4. The predicted octanol–water partition coefficient (Wildman–Crippen LogP) is 1.97. The molecule has 6 heteroatoms. The minimum atomic E-state index is -0.128. The maximum Gasteiger partial charge on any atom is 0.245 e. The number of carbonyl (C=O) groups is 1. The van der Waals surface area contributed by atoms with Crippen LogP contribution < -0.4 is 4.90 Å². The molecule has 1 aromatic heterocycles. The standard InChI is InChI=1S/C19H22N4O2/c24-19(22-11-13-25-14-12-22)16-7-4-10-23(16)17-8-9-20-18(21-17)15-5-2-1-3-6-15/h1-3,5-6,8-9,16H,4,7,10-14H2/t16-/m0/s1. The van der Waals surface area contributed by atoms with Gasteiger partial charge in [0.25, 0.3) is 0 Å². The average Bonchev–Trinajstić information content (AvgIpc) is 3.19. The highest BCUT2D eigenvalue weighted by Gasteiger charge is 2.35. The van der Waals surface area contributed by atoms with Crippen molar-refractivity contribution in [3.05, 3.63) is 42.6 Å². The van der Waals surface area contributed by atoms with E-state index in [1.165, 1.54) is 0 Å². The van der Waals surface area contributed by atoms with Gasteiger partial charge in [0.15, 0.2) is 5.82 Å². The van der Waals surface area contributed by atoms with Gasteiger partial charge in [0.05, 0.1) is 13.2 Å². The fraction of sp³-hybridized carbons (Fsp3) is 0.421. The van der Waals surface area contributed by atoms with Crippen LogP contribution in [0.5, 0.6) is 0 Å². The van der Waals surface area contributed by atoms with E-state index < -0.39 is 0 Å². The van der Waals surface area contributed by atoms with Crippen molar-refractivity contribution < 1.29 is 9.53 Å². The second-order valence-electron chi connectivity index (χ2n) is 6.39. The number of carbonyl (C=O) groups excluding carboxylic acids is 1. The van der Waals surface area contributed by atoms with Crippen molar-refractivity contribution in [1.29, 1.82) is 0 Å². The molecular formula is C19H22N4O2. The fourth-order valence-electron chi connectivity index (χ4n) is 3.53. The van der Waals surface area contributed by atoms with E-state index in [2.05, 4.69) is 9.88 Å². The Hall–Kier alpha value is -2.47. The maximum atomic E-state index is 12.9. The number of amides is 1. The molecule has 4 rings (SSSR count). The zero-order chi connectivity index (χ0) is 17.1. The average molecular weight is 338 g/mol. The van der Waals surface area contributed by atoms with E-state index in [9.17, 15) is 4.79 Å². The zero-order valence-electron chi connectivity index (χ0n) is 14.2. The van der Waals surface area contributed by atoms with Crippen LogP contribution in [0.4, 0.5) is 5.82 Å². The number of benzene rings is 1. The molecule has 0 radical (unpaired) electrons. The van der Waals surface area contributed by atoms with Gasteiger partial charge in [0.2, 0.25) is 5.91 Å². The van der Waals surface area contributed by atoms with Crippen LogP contribution in [0, 0.1) is 0 Å². The Morgan fingerprint density at radius 2 is 1.88 bits per heavy atom. The summed E-state index contributed by atoms with van der Waals surface area (Å²) in [6, 6.07) is 11.7. The quantitative estimate of drug-likeness (QED) is 0.856. The molecule has 2 aliphatic rings. The van der Waals surface area contributed by atoms with Gasteiger partial charge in [-0.15, -0.1) is 0 Å². The smallest absolute Gasteiger partial charge is 0.245 e. The van der Waals surface area contributed by atoms with Crippen LogP contribution in [-0.4, -0.2) is 59.7 Å². The Balaban J connectivity index is 1.57. The summed E-state index contributed by atoms with van der Waals surface area (Å²) in [5.41, 5.74) is 0.986. The summed E-state index contributed by atoms with van der Waals surface area (Å²) < 4.78 is 5.36. The number of ether oxygens (including phenoxy) is 1. The first-order valence-electron chi connectivity index (χ1n) is 8.84. The van der Waals surface area contributed by atoms with Gasteiger partial charge >= 0.3 is 0 Å². The highest BCUT2D eigenvalue weighted by Crippen LogP contribution is 2.27. The lowest BCUT2D eigenvalue weighted by Gasteiger charge is -2.33. The normalized spacial score (nSPS) is 20.7. The molecule has 2 aromatic rings. The van der Waals surface area contributed by atoms with Crippen molar-refractivity contribution in [2.45, 2.75) is 18.9 Å². The Labute approximate surface area is 147 Å². The lowest BCUT2D eigenvalue weighted by Crippen LogP contribution is -2.50. The van der Waals surface area contributed by atoms with Crippen LogP contribution in [0.15, 0.2) is 42.6 Å². The van der Waals surface area contributed by atoms with Crippen LogP contribution >= 0.6 is 0 Å². The van der Waals surface area contributed by atoms with E-state index in [1.54, 1.807) is 6.20 Å². The number of anilines is 1. The highest BCUT2D eigenvalue weighted by atomic mass is 16.5. The summed E-state index contributed by atoms with van der Waals surface area (Å²) in [6.07, 6.45) is 3.66. The molecular weight excluding hydrogens is 316 g/mol. The van der Waals surface area contributed by atoms with Crippen molar-refractivity contribution in [2.75, 3.05) is 37.7 Å². The molecule has 0 N–H and O–H groups in total. The van der Waals surface area contributed by atoms with E-state index in [4.69, 9.17) is 9.72 Å². The monoisotopic (exact) mass is 338 g/mol. The molecule has 2 fully saturated rings. The van der Waals surface area contributed by atoms with Crippen molar-refractivity contribution in [2.24, 2.45) is 0 Å². The minimum Gasteiger partial charge on any atom is -0.378 e. The van der Waals surface area contributed by atoms with Crippen LogP contribution in [0.3, 0.4) is 0 Å². The second kappa shape index (κ2) is 7.19. The van der Waals surface area contributed by atoms with E-state index in [1.807, 2.05) is 41.3 Å². The van der Waals surface area contributed by atoms with E-state index in [0.29, 0.717) is 32.1 Å². The minimum absolute atomic E-state index is 0.128. The molecule has 1 aromatic carbocycles. The van der Waals surface area contributed by atoms with E-state index >= 15 is 0 Å². The summed E-state index contributed by atoms with van der Waals surface area (Å²) in [5, 5.41) is 0. The third-order valence-corrected chi connectivity index (χ3v) is 4.83. The van der Waals surface area contributed by atoms with Gasteiger partial charge in [-0.25, -0.2) is 9.97 Å². The second-order valence-corrected chi connectivity index (χ2v) is 6.39. The summed E-state index contributed by atoms with van der Waals surface area (Å²) in [4.78, 5) is 26.1. The summed E-state index contributed by atoms with van der Waals surface area (Å²) >= 11 is 0. The van der Waals surface area contributed by atoms with Gasteiger partial charge in [-0.2, -0.15) is 0 Å². The first-order valence-corrected chi connectivity index (χ1v) is 8.84. The van der Waals surface area contributed by atoms with Crippen LogP contribution in [0.1, 0.15) is 12.8 Å². The highest BCUT2D eigenvalue weighted by molar-refractivity contribution is 5.85. The van der Waals surface area contributed by atoms with Crippen LogP contribution in [-0.2, 0) is 9.53 Å². The predicted molar refractivity (Wildman–Crippen MR) is 95.2 cm³/mol. The molecule has 0 bridgehead atoms. The summed E-state index contributed by atoms with van der Waals surface area (Å²) in [6.45, 7) is 3.48. The van der Waals surface area contributed by atoms with Gasteiger partial charge in [0, 0.05) is 31.4 Å². The topological polar surface area (TPSA) is 58.6 Å². The van der Waals surface area contributed by atoms with Crippen molar-refractivity contribution >= 4 is 11.7 Å². The van der Waals surface area contributed by atoms with Gasteiger partial charge < -0.3 is 14.5 Å². The van der Waals surface area contributed by atoms with E-state index in [0.717, 1.165) is 30.8 Å². The first-order chi connectivity index (χ1) is 12.3. The van der Waals surface area contributed by atoms with E-state index in [-0.39, 0.29) is 11.9 Å². The molecule has 0 unspecified atom stereocenters. The number of aromatic nitrogens is 2. The molecule has 1 amide bonds. The SMILES string of the molecule is O=C([C@@H]1CCCN1c1ccnc(-c2ccccc2)n1)N1CCOCC1. The Morgan fingerprint density at radius 3 is 2.68 bits per heavy atom. The number of morpholine rings is 1. The molecule has 2 saturated heterocycles. The molecule has 2 aliphatic heterocycles. The molecule has 25 heavy (non-hydrogen) atoms. The van der Waals surface area contributed by atoms with Crippen molar-refractivity contribution in [1.82, 2.24) is 14.9 Å². The third kappa shape index (κ3) is 3.35. The molecule has 0 aliphatic carbocycles. The van der Waals surface area contributed by atoms with Gasteiger partial charge in [-0.05, 0) is 18.9 Å². The fourth-order valence-corrected chi connectivity index (χ4v) is 3.53. The lowest BCUT2D eigenvalue weighted by molar-refractivity contribution is -0.136. The third-order valence-electron chi connectivity index (χ3n) is 4.83. The lowest BCUT2D eigenvalue weighted by atomic mass is 10.2. The molecule has 130 valence electrons. The Morgan fingerprint density at radius 1 is 1.08 bits per heavy atom. The van der Waals surface area contributed by atoms with Crippen molar-refractivity contribution in [3.63, 3.8) is 0 Å². The Bertz CT molecular complexity index is 731. The number of hydrogen-bond donors (Lipinski definition) is 0. The number of rotatable bonds is 3. The van der Waals surface area contributed by atoms with Crippen molar-refractivity contribution in [3.8, 4) is 11.4 Å².